The second-order valence-electron chi connectivity index (χ2n) is 5.33. The normalized spacial score (nSPS) is 21.8. The van der Waals surface area contributed by atoms with E-state index in [4.69, 9.17) is 0 Å². The lowest BCUT2D eigenvalue weighted by molar-refractivity contribution is -0.0352. The minimum Gasteiger partial charge on any atom is -0.350 e. The lowest BCUT2D eigenvalue weighted by Gasteiger charge is -2.18. The van der Waals surface area contributed by atoms with E-state index in [1.54, 1.807) is 16.9 Å². The third-order valence-corrected chi connectivity index (χ3v) is 3.54. The van der Waals surface area contributed by atoms with Gasteiger partial charge in [0.25, 0.3) is 11.8 Å². The van der Waals surface area contributed by atoms with Crippen molar-refractivity contribution in [1.29, 1.82) is 0 Å². The predicted molar refractivity (Wildman–Crippen MR) is 67.2 cm³/mol. The van der Waals surface area contributed by atoms with Gasteiger partial charge in [-0.3, -0.25) is 9.48 Å². The van der Waals surface area contributed by atoms with Gasteiger partial charge in [-0.2, -0.15) is 5.10 Å². The molecule has 0 radical (unpaired) electrons. The summed E-state index contributed by atoms with van der Waals surface area (Å²) in [7, 11) is 0. The first-order valence-electron chi connectivity index (χ1n) is 6.61. The first kappa shape index (κ1) is 14.0. The molecule has 1 saturated carbocycles. The topological polar surface area (TPSA) is 46.9 Å². The van der Waals surface area contributed by atoms with Gasteiger partial charge in [0.2, 0.25) is 0 Å². The lowest BCUT2D eigenvalue weighted by atomic mass is 10.1. The van der Waals surface area contributed by atoms with Crippen LogP contribution >= 0.6 is 0 Å². The molecule has 0 aliphatic heterocycles. The number of alkyl halides is 2. The Bertz CT molecular complexity index is 456. The molecule has 1 amide bonds. The van der Waals surface area contributed by atoms with E-state index < -0.39 is 11.8 Å². The van der Waals surface area contributed by atoms with E-state index in [9.17, 15) is 13.6 Å². The maximum Gasteiger partial charge on any atom is 0.271 e. The molecule has 19 heavy (non-hydrogen) atoms. The average molecular weight is 271 g/mol. The van der Waals surface area contributed by atoms with Crippen LogP contribution in [0, 0.1) is 5.92 Å². The molecule has 1 aliphatic carbocycles. The van der Waals surface area contributed by atoms with Crippen LogP contribution < -0.4 is 5.32 Å². The highest BCUT2D eigenvalue weighted by Crippen LogP contribution is 2.39. The standard InChI is InChI=1S/C13H19F2N3O/c1-9(2)18-7-5-11(17-18)12(19)16-8-10-4-3-6-13(10,14)15/h5,7,9-10H,3-4,6,8H2,1-2H3,(H,16,19). The van der Waals surface area contributed by atoms with Crippen molar-refractivity contribution < 1.29 is 13.6 Å². The van der Waals surface area contributed by atoms with Gasteiger partial charge >= 0.3 is 0 Å². The van der Waals surface area contributed by atoms with Gasteiger partial charge in [0.1, 0.15) is 5.69 Å². The summed E-state index contributed by atoms with van der Waals surface area (Å²) in [6.45, 7) is 3.92. The number of nitrogens with one attached hydrogen (secondary N) is 1. The molecular formula is C13H19F2N3O. The van der Waals surface area contributed by atoms with Gasteiger partial charge in [0.05, 0.1) is 0 Å². The van der Waals surface area contributed by atoms with Gasteiger partial charge in [-0.1, -0.05) is 0 Å². The monoisotopic (exact) mass is 271 g/mol. The lowest BCUT2D eigenvalue weighted by Crippen LogP contribution is -2.35. The highest BCUT2D eigenvalue weighted by atomic mass is 19.3. The fraction of sp³-hybridized carbons (Fsp3) is 0.692. The molecule has 1 atom stereocenters. The van der Waals surface area contributed by atoms with Gasteiger partial charge in [0, 0.05) is 31.1 Å². The Morgan fingerprint density at radius 2 is 2.37 bits per heavy atom. The van der Waals surface area contributed by atoms with Crippen LogP contribution in [0.3, 0.4) is 0 Å². The van der Waals surface area contributed by atoms with Crippen molar-refractivity contribution in [1.82, 2.24) is 15.1 Å². The van der Waals surface area contributed by atoms with Crippen molar-refractivity contribution in [2.45, 2.75) is 45.1 Å². The van der Waals surface area contributed by atoms with Crippen molar-refractivity contribution in [3.05, 3.63) is 18.0 Å². The Labute approximate surface area is 111 Å². The number of aromatic nitrogens is 2. The Morgan fingerprint density at radius 1 is 1.63 bits per heavy atom. The van der Waals surface area contributed by atoms with E-state index >= 15 is 0 Å². The minimum atomic E-state index is -2.65. The van der Waals surface area contributed by atoms with Crippen LogP contribution in [0.25, 0.3) is 0 Å². The van der Waals surface area contributed by atoms with E-state index in [2.05, 4.69) is 10.4 Å². The van der Waals surface area contributed by atoms with E-state index in [0.29, 0.717) is 12.8 Å². The molecule has 4 nitrogen and oxygen atoms in total. The zero-order valence-electron chi connectivity index (χ0n) is 11.2. The van der Waals surface area contributed by atoms with Gasteiger partial charge in [0.15, 0.2) is 0 Å². The molecule has 2 rings (SSSR count). The summed E-state index contributed by atoms with van der Waals surface area (Å²) in [5, 5.41) is 6.66. The molecule has 0 aromatic carbocycles. The maximum absolute atomic E-state index is 13.4. The third kappa shape index (κ3) is 3.11. The van der Waals surface area contributed by atoms with Crippen molar-refractivity contribution in [2.75, 3.05) is 6.54 Å². The number of amides is 1. The fourth-order valence-electron chi connectivity index (χ4n) is 2.30. The van der Waals surface area contributed by atoms with Crippen molar-refractivity contribution in [2.24, 2.45) is 5.92 Å². The van der Waals surface area contributed by atoms with Crippen LogP contribution in [0.2, 0.25) is 0 Å². The first-order chi connectivity index (χ1) is 8.90. The molecule has 1 N–H and O–H groups in total. The molecular weight excluding hydrogens is 252 g/mol. The molecule has 1 unspecified atom stereocenters. The zero-order valence-corrected chi connectivity index (χ0v) is 11.2. The van der Waals surface area contributed by atoms with Crippen molar-refractivity contribution in [3.63, 3.8) is 0 Å². The molecule has 0 bridgehead atoms. The van der Waals surface area contributed by atoms with Crippen LogP contribution in [0.1, 0.15) is 49.6 Å². The van der Waals surface area contributed by atoms with Crippen LogP contribution in [-0.2, 0) is 0 Å². The van der Waals surface area contributed by atoms with Crippen LogP contribution in [0.4, 0.5) is 8.78 Å². The summed E-state index contributed by atoms with van der Waals surface area (Å²) in [4.78, 5) is 11.8. The van der Waals surface area contributed by atoms with Crippen LogP contribution in [0.5, 0.6) is 0 Å². The van der Waals surface area contributed by atoms with Gasteiger partial charge in [-0.05, 0) is 32.8 Å². The fourth-order valence-corrected chi connectivity index (χ4v) is 2.30. The molecule has 1 fully saturated rings. The van der Waals surface area contributed by atoms with Crippen LogP contribution in [-0.4, -0.2) is 28.2 Å². The van der Waals surface area contributed by atoms with Crippen molar-refractivity contribution in [3.8, 4) is 0 Å². The Hall–Kier alpha value is -1.46. The summed E-state index contributed by atoms with van der Waals surface area (Å²) in [6.07, 6.45) is 2.63. The van der Waals surface area contributed by atoms with E-state index in [-0.39, 0.29) is 30.6 Å². The molecule has 6 heteroatoms. The number of carbonyl (C=O) groups is 1. The van der Waals surface area contributed by atoms with E-state index in [1.807, 2.05) is 13.8 Å². The van der Waals surface area contributed by atoms with E-state index in [1.165, 1.54) is 0 Å². The summed E-state index contributed by atoms with van der Waals surface area (Å²) < 4.78 is 28.5. The molecule has 0 saturated heterocycles. The molecule has 1 aromatic rings. The quantitative estimate of drug-likeness (QED) is 0.915. The van der Waals surface area contributed by atoms with E-state index in [0.717, 1.165) is 0 Å². The number of rotatable bonds is 4. The number of hydrogen-bond acceptors (Lipinski definition) is 2. The molecule has 0 spiro atoms. The average Bonchev–Trinajstić information content (AvgIpc) is 2.92. The second kappa shape index (κ2) is 5.27. The molecule has 1 heterocycles. The molecule has 1 aromatic heterocycles. The maximum atomic E-state index is 13.4. The SMILES string of the molecule is CC(C)n1ccc(C(=O)NCC2CCCC2(F)F)n1. The number of hydrogen-bond donors (Lipinski definition) is 1. The Kier molecular flexibility index (Phi) is 3.87. The largest absolute Gasteiger partial charge is 0.350 e. The predicted octanol–water partition coefficient (Wildman–Crippen LogP) is 2.63. The number of carbonyl (C=O) groups excluding carboxylic acids is 1. The Balaban J connectivity index is 1.90. The third-order valence-electron chi connectivity index (χ3n) is 3.54. The van der Waals surface area contributed by atoms with Gasteiger partial charge < -0.3 is 5.32 Å². The van der Waals surface area contributed by atoms with Crippen molar-refractivity contribution >= 4 is 5.91 Å². The van der Waals surface area contributed by atoms with Gasteiger partial charge in [-0.15, -0.1) is 0 Å². The second-order valence-corrected chi connectivity index (χ2v) is 5.33. The summed E-state index contributed by atoms with van der Waals surface area (Å²) in [6, 6.07) is 1.77. The first-order valence-corrected chi connectivity index (χ1v) is 6.61. The Morgan fingerprint density at radius 3 is 2.89 bits per heavy atom. The summed E-state index contributed by atoms with van der Waals surface area (Å²) in [5.41, 5.74) is 0.273. The van der Waals surface area contributed by atoms with Crippen LogP contribution in [0.15, 0.2) is 12.3 Å². The smallest absolute Gasteiger partial charge is 0.271 e. The molecule has 1 aliphatic rings. The number of nitrogens with zero attached hydrogens (tertiary/aromatic N) is 2. The van der Waals surface area contributed by atoms with Gasteiger partial charge in [-0.25, -0.2) is 8.78 Å². The number of halogens is 2. The minimum absolute atomic E-state index is 0.0143. The summed E-state index contributed by atoms with van der Waals surface area (Å²) in [5.74, 6) is -3.78. The zero-order chi connectivity index (χ0) is 14.0. The highest BCUT2D eigenvalue weighted by molar-refractivity contribution is 5.92. The highest BCUT2D eigenvalue weighted by Gasteiger charge is 2.43. The molecule has 106 valence electrons. The summed E-state index contributed by atoms with van der Waals surface area (Å²) >= 11 is 0.